The van der Waals surface area contributed by atoms with Crippen molar-refractivity contribution in [2.24, 2.45) is 0 Å². The van der Waals surface area contributed by atoms with Gasteiger partial charge < -0.3 is 4.74 Å². The standard InChI is InChI=1S/C21H19FN2O2S/c1-26-17-5-2-4-16(12-17)24-19-7-3-6-18(19)20(23-21(24)25)27-13-14-8-10-15(22)11-9-14/h2,4-5,8-12H,3,6-7,13H2,1H3. The number of fused-ring (bicyclic) bond motifs is 1. The van der Waals surface area contributed by atoms with Crippen LogP contribution in [0.1, 0.15) is 23.2 Å². The van der Waals surface area contributed by atoms with Gasteiger partial charge in [0.05, 0.1) is 12.8 Å². The lowest BCUT2D eigenvalue weighted by Gasteiger charge is -2.15. The predicted octanol–water partition coefficient (Wildman–Crippen LogP) is 4.16. The molecule has 0 N–H and O–H groups in total. The summed E-state index contributed by atoms with van der Waals surface area (Å²) in [5.41, 5.74) is 3.69. The Morgan fingerprint density at radius 3 is 2.78 bits per heavy atom. The summed E-state index contributed by atoms with van der Waals surface area (Å²) in [4.78, 5) is 17.2. The zero-order chi connectivity index (χ0) is 18.8. The van der Waals surface area contributed by atoms with E-state index in [4.69, 9.17) is 4.74 Å². The van der Waals surface area contributed by atoms with Crippen LogP contribution in [-0.4, -0.2) is 16.7 Å². The summed E-state index contributed by atoms with van der Waals surface area (Å²) < 4.78 is 20.1. The molecule has 0 bridgehead atoms. The zero-order valence-electron chi connectivity index (χ0n) is 14.9. The van der Waals surface area contributed by atoms with Gasteiger partial charge in [-0.05, 0) is 49.1 Å². The molecule has 0 amide bonds. The lowest BCUT2D eigenvalue weighted by Crippen LogP contribution is -2.25. The molecule has 0 spiro atoms. The summed E-state index contributed by atoms with van der Waals surface area (Å²) in [6.45, 7) is 0. The quantitative estimate of drug-likeness (QED) is 0.491. The van der Waals surface area contributed by atoms with Crippen molar-refractivity contribution < 1.29 is 9.13 Å². The van der Waals surface area contributed by atoms with Crippen molar-refractivity contribution in [2.45, 2.75) is 30.0 Å². The molecule has 2 aromatic carbocycles. The third-order valence-electron chi connectivity index (χ3n) is 4.71. The highest BCUT2D eigenvalue weighted by Crippen LogP contribution is 2.32. The molecule has 1 heterocycles. The second-order valence-corrected chi connectivity index (χ2v) is 7.39. The van der Waals surface area contributed by atoms with E-state index in [0.717, 1.165) is 46.8 Å². The third kappa shape index (κ3) is 3.62. The minimum atomic E-state index is -0.273. The van der Waals surface area contributed by atoms with Gasteiger partial charge in [-0.1, -0.05) is 18.2 Å². The van der Waals surface area contributed by atoms with Gasteiger partial charge in [0.25, 0.3) is 0 Å². The van der Waals surface area contributed by atoms with E-state index in [-0.39, 0.29) is 11.5 Å². The number of methoxy groups -OCH3 is 1. The largest absolute Gasteiger partial charge is 0.497 e. The molecule has 3 aromatic rings. The van der Waals surface area contributed by atoms with Crippen molar-refractivity contribution in [3.8, 4) is 11.4 Å². The molecule has 0 aliphatic heterocycles. The average Bonchev–Trinajstić information content (AvgIpc) is 3.17. The SMILES string of the molecule is COc1cccc(-n2c3c(c(SCc4ccc(F)cc4)nc2=O)CCC3)c1. The van der Waals surface area contributed by atoms with Crippen LogP contribution in [0.5, 0.6) is 5.75 Å². The lowest BCUT2D eigenvalue weighted by molar-refractivity contribution is 0.414. The van der Waals surface area contributed by atoms with Gasteiger partial charge in [0.1, 0.15) is 16.6 Å². The number of ether oxygens (including phenoxy) is 1. The minimum absolute atomic E-state index is 0.247. The number of rotatable bonds is 5. The van der Waals surface area contributed by atoms with Gasteiger partial charge in [-0.3, -0.25) is 4.57 Å². The second kappa shape index (κ2) is 7.56. The van der Waals surface area contributed by atoms with Crippen LogP contribution in [0.2, 0.25) is 0 Å². The Balaban J connectivity index is 1.69. The Labute approximate surface area is 161 Å². The summed E-state index contributed by atoms with van der Waals surface area (Å²) in [6, 6.07) is 13.9. The van der Waals surface area contributed by atoms with Gasteiger partial charge in [-0.15, -0.1) is 11.8 Å². The molecule has 1 aromatic heterocycles. The van der Waals surface area contributed by atoms with Crippen molar-refractivity contribution in [3.05, 3.63) is 81.7 Å². The van der Waals surface area contributed by atoms with Crippen molar-refractivity contribution in [3.63, 3.8) is 0 Å². The monoisotopic (exact) mass is 382 g/mol. The van der Waals surface area contributed by atoms with E-state index in [0.29, 0.717) is 11.5 Å². The van der Waals surface area contributed by atoms with E-state index in [1.54, 1.807) is 23.8 Å². The summed E-state index contributed by atoms with van der Waals surface area (Å²) in [7, 11) is 1.61. The first-order valence-corrected chi connectivity index (χ1v) is 9.81. The molecular weight excluding hydrogens is 363 g/mol. The molecule has 0 radical (unpaired) electrons. The average molecular weight is 382 g/mol. The molecule has 0 saturated carbocycles. The molecule has 0 atom stereocenters. The molecule has 1 aliphatic carbocycles. The van der Waals surface area contributed by atoms with Crippen molar-refractivity contribution >= 4 is 11.8 Å². The van der Waals surface area contributed by atoms with E-state index >= 15 is 0 Å². The molecule has 138 valence electrons. The number of hydrogen-bond donors (Lipinski definition) is 0. The Bertz CT molecular complexity index is 1030. The maximum atomic E-state index is 13.1. The van der Waals surface area contributed by atoms with E-state index < -0.39 is 0 Å². The Kier molecular flexibility index (Phi) is 4.99. The highest BCUT2D eigenvalue weighted by atomic mass is 32.2. The van der Waals surface area contributed by atoms with E-state index in [2.05, 4.69) is 4.98 Å². The van der Waals surface area contributed by atoms with Gasteiger partial charge in [0, 0.05) is 23.1 Å². The van der Waals surface area contributed by atoms with E-state index in [1.807, 2.05) is 24.3 Å². The van der Waals surface area contributed by atoms with Gasteiger partial charge in [0.2, 0.25) is 0 Å². The van der Waals surface area contributed by atoms with Crippen molar-refractivity contribution in [2.75, 3.05) is 7.11 Å². The lowest BCUT2D eigenvalue weighted by atomic mass is 10.2. The maximum absolute atomic E-state index is 13.1. The Morgan fingerprint density at radius 1 is 1.19 bits per heavy atom. The highest BCUT2D eigenvalue weighted by Gasteiger charge is 2.23. The predicted molar refractivity (Wildman–Crippen MR) is 104 cm³/mol. The normalized spacial score (nSPS) is 12.8. The van der Waals surface area contributed by atoms with Crippen LogP contribution < -0.4 is 10.4 Å². The minimum Gasteiger partial charge on any atom is -0.497 e. The Morgan fingerprint density at radius 2 is 2.00 bits per heavy atom. The first-order valence-electron chi connectivity index (χ1n) is 8.82. The van der Waals surface area contributed by atoms with Gasteiger partial charge in [-0.2, -0.15) is 4.98 Å². The molecule has 0 unspecified atom stereocenters. The first-order chi connectivity index (χ1) is 13.2. The summed E-state index contributed by atoms with van der Waals surface area (Å²) >= 11 is 1.54. The Hall–Kier alpha value is -2.60. The summed E-state index contributed by atoms with van der Waals surface area (Å²) in [6.07, 6.45) is 2.78. The van der Waals surface area contributed by atoms with E-state index in [1.165, 1.54) is 23.9 Å². The maximum Gasteiger partial charge on any atom is 0.353 e. The molecular formula is C21H19FN2O2S. The second-order valence-electron chi connectivity index (χ2n) is 6.43. The first kappa shape index (κ1) is 17.8. The van der Waals surface area contributed by atoms with Crippen LogP contribution in [0.15, 0.2) is 58.4 Å². The number of aromatic nitrogens is 2. The third-order valence-corrected chi connectivity index (χ3v) is 5.79. The molecule has 4 rings (SSSR count). The van der Waals surface area contributed by atoms with Gasteiger partial charge >= 0.3 is 5.69 Å². The smallest absolute Gasteiger partial charge is 0.353 e. The molecule has 6 heteroatoms. The van der Waals surface area contributed by atoms with E-state index in [9.17, 15) is 9.18 Å². The van der Waals surface area contributed by atoms with Crippen LogP contribution in [0, 0.1) is 5.82 Å². The fourth-order valence-corrected chi connectivity index (χ4v) is 4.42. The fraction of sp³-hybridized carbons (Fsp3) is 0.238. The number of thioether (sulfide) groups is 1. The molecule has 0 fully saturated rings. The van der Waals surface area contributed by atoms with Crippen molar-refractivity contribution in [1.29, 1.82) is 0 Å². The number of benzene rings is 2. The van der Waals surface area contributed by atoms with Crippen LogP contribution in [0.4, 0.5) is 4.39 Å². The topological polar surface area (TPSA) is 44.1 Å². The van der Waals surface area contributed by atoms with Crippen molar-refractivity contribution in [1.82, 2.24) is 9.55 Å². The molecule has 4 nitrogen and oxygen atoms in total. The van der Waals surface area contributed by atoms with Gasteiger partial charge in [0.15, 0.2) is 0 Å². The number of hydrogen-bond acceptors (Lipinski definition) is 4. The zero-order valence-corrected chi connectivity index (χ0v) is 15.8. The molecule has 1 aliphatic rings. The number of nitrogens with zero attached hydrogens (tertiary/aromatic N) is 2. The molecule has 27 heavy (non-hydrogen) atoms. The van der Waals surface area contributed by atoms with Gasteiger partial charge in [-0.25, -0.2) is 9.18 Å². The fourth-order valence-electron chi connectivity index (χ4n) is 3.39. The molecule has 0 saturated heterocycles. The summed E-state index contributed by atoms with van der Waals surface area (Å²) in [5, 5.41) is 0.788. The van der Waals surface area contributed by atoms with Crippen LogP contribution in [0.25, 0.3) is 5.69 Å². The van der Waals surface area contributed by atoms with Crippen LogP contribution >= 0.6 is 11.8 Å². The number of halogens is 1. The van der Waals surface area contributed by atoms with Crippen LogP contribution in [0.3, 0.4) is 0 Å². The summed E-state index contributed by atoms with van der Waals surface area (Å²) in [5.74, 6) is 1.12. The highest BCUT2D eigenvalue weighted by molar-refractivity contribution is 7.98. The van der Waals surface area contributed by atoms with Crippen LogP contribution in [-0.2, 0) is 18.6 Å².